The van der Waals surface area contributed by atoms with Gasteiger partial charge in [0, 0.05) is 24.8 Å². The first kappa shape index (κ1) is 20.8. The summed E-state index contributed by atoms with van der Waals surface area (Å²) in [6.07, 6.45) is 6.89. The predicted molar refractivity (Wildman–Crippen MR) is 120 cm³/mol. The fraction of sp³-hybridized carbons (Fsp3) is 0.222. The third-order valence-electron chi connectivity index (χ3n) is 3.83. The first-order valence-corrected chi connectivity index (χ1v) is 11.1. The van der Waals surface area contributed by atoms with Crippen molar-refractivity contribution in [2.24, 2.45) is 0 Å². The normalized spacial score (nSPS) is 16.4. The second kappa shape index (κ2) is 10.1. The van der Waals surface area contributed by atoms with Crippen LogP contribution in [0.3, 0.4) is 0 Å². The van der Waals surface area contributed by atoms with Gasteiger partial charge in [0.05, 0.1) is 24.6 Å². The highest BCUT2D eigenvalue weighted by Gasteiger charge is 2.27. The summed E-state index contributed by atoms with van der Waals surface area (Å²) in [5, 5.41) is 0. The Hall–Kier alpha value is -1.88. The molecule has 0 radical (unpaired) electrons. The van der Waals surface area contributed by atoms with E-state index in [1.54, 1.807) is 34.6 Å². The summed E-state index contributed by atoms with van der Waals surface area (Å²) in [4.78, 5) is 33.9. The van der Waals surface area contributed by atoms with Gasteiger partial charge in [0.2, 0.25) is 11.8 Å². The second-order valence-electron chi connectivity index (χ2n) is 5.79. The minimum atomic E-state index is 0.0869. The molecule has 2 fully saturated rings. The van der Waals surface area contributed by atoms with Crippen molar-refractivity contribution in [3.05, 3.63) is 60.2 Å². The lowest BCUT2D eigenvalue weighted by Crippen LogP contribution is -2.27. The summed E-state index contributed by atoms with van der Waals surface area (Å²) in [5.74, 6) is 1.13. The van der Waals surface area contributed by atoms with Crippen molar-refractivity contribution >= 4 is 68.4 Å². The van der Waals surface area contributed by atoms with Crippen LogP contribution in [-0.2, 0) is 22.7 Å². The topological polar surface area (TPSA) is 66.4 Å². The summed E-state index contributed by atoms with van der Waals surface area (Å²) < 4.78 is 1.34. The molecule has 0 spiro atoms. The highest BCUT2D eigenvalue weighted by atomic mass is 32.2. The number of pyridine rings is 2. The molecular formula is C18H16N4O2S4. The van der Waals surface area contributed by atoms with E-state index in [1.807, 2.05) is 24.3 Å². The number of nitrogens with zero attached hydrogens (tertiary/aromatic N) is 4. The molecular weight excluding hydrogens is 432 g/mol. The number of carbonyl (C=O) groups is 2. The fourth-order valence-electron chi connectivity index (χ4n) is 2.41. The van der Waals surface area contributed by atoms with Crippen LogP contribution >= 0.6 is 48.0 Å². The maximum absolute atomic E-state index is 11.4. The van der Waals surface area contributed by atoms with E-state index in [0.717, 1.165) is 11.1 Å². The Bertz CT molecular complexity index is 774. The van der Waals surface area contributed by atoms with Crippen molar-refractivity contribution in [2.45, 2.75) is 13.1 Å². The molecule has 144 valence electrons. The third kappa shape index (κ3) is 5.57. The largest absolute Gasteiger partial charge is 0.293 e. The summed E-state index contributed by atoms with van der Waals surface area (Å²) >= 11 is 13.0. The SMILES string of the molecule is O=C1CSC(=S)N1Cc1cccnc1.O=C1CSC(=S)N1Cc1ccncc1. The van der Waals surface area contributed by atoms with Crippen LogP contribution in [0.1, 0.15) is 11.1 Å². The number of thioether (sulfide) groups is 2. The van der Waals surface area contributed by atoms with E-state index in [9.17, 15) is 9.59 Å². The lowest BCUT2D eigenvalue weighted by molar-refractivity contribution is -0.125. The monoisotopic (exact) mass is 448 g/mol. The second-order valence-corrected chi connectivity index (χ2v) is 9.00. The van der Waals surface area contributed by atoms with Gasteiger partial charge in [-0.05, 0) is 29.3 Å². The zero-order chi connectivity index (χ0) is 19.9. The van der Waals surface area contributed by atoms with Crippen molar-refractivity contribution in [3.63, 3.8) is 0 Å². The van der Waals surface area contributed by atoms with Crippen LogP contribution in [0.4, 0.5) is 0 Å². The molecule has 0 unspecified atom stereocenters. The summed E-state index contributed by atoms with van der Waals surface area (Å²) in [6.45, 7) is 1.10. The van der Waals surface area contributed by atoms with E-state index < -0.39 is 0 Å². The quantitative estimate of drug-likeness (QED) is 0.662. The Balaban J connectivity index is 0.000000161. The maximum Gasteiger partial charge on any atom is 0.238 e. The molecule has 2 amide bonds. The molecule has 0 bridgehead atoms. The summed E-state index contributed by atoms with van der Waals surface area (Å²) in [6, 6.07) is 7.57. The molecule has 4 heterocycles. The smallest absolute Gasteiger partial charge is 0.238 e. The van der Waals surface area contributed by atoms with Gasteiger partial charge in [-0.25, -0.2) is 0 Å². The van der Waals surface area contributed by atoms with E-state index in [1.165, 1.54) is 23.5 Å². The van der Waals surface area contributed by atoms with Crippen molar-refractivity contribution in [2.75, 3.05) is 11.5 Å². The number of aromatic nitrogens is 2. The van der Waals surface area contributed by atoms with Crippen molar-refractivity contribution in [1.29, 1.82) is 0 Å². The van der Waals surface area contributed by atoms with E-state index in [0.29, 0.717) is 33.2 Å². The molecule has 28 heavy (non-hydrogen) atoms. The Labute approximate surface area is 182 Å². The number of amides is 2. The molecule has 0 aromatic carbocycles. The predicted octanol–water partition coefficient (Wildman–Crippen LogP) is 2.88. The van der Waals surface area contributed by atoms with Crippen LogP contribution in [0, 0.1) is 0 Å². The van der Waals surface area contributed by atoms with Crippen molar-refractivity contribution in [1.82, 2.24) is 19.8 Å². The molecule has 2 aromatic heterocycles. The molecule has 0 saturated carbocycles. The number of thiocarbonyl (C=S) groups is 2. The molecule has 4 rings (SSSR count). The summed E-state index contributed by atoms with van der Waals surface area (Å²) in [5.41, 5.74) is 2.06. The Kier molecular flexibility index (Phi) is 7.49. The minimum absolute atomic E-state index is 0.0869. The standard InChI is InChI=1S/2C9H8N2OS2/c12-8-6-14-9(13)11(8)5-7-1-3-10-4-2-7;12-8-6-14-9(13)11(8)5-7-2-1-3-10-4-7/h2*1-4H,5-6H2. The third-order valence-corrected chi connectivity index (χ3v) is 6.70. The van der Waals surface area contributed by atoms with Crippen LogP contribution in [-0.4, -0.2) is 51.7 Å². The fourth-order valence-corrected chi connectivity index (χ4v) is 4.55. The average Bonchev–Trinajstić information content (AvgIpc) is 3.20. The first-order valence-electron chi connectivity index (χ1n) is 8.26. The first-order chi connectivity index (χ1) is 13.5. The van der Waals surface area contributed by atoms with Crippen LogP contribution in [0.5, 0.6) is 0 Å². The highest BCUT2D eigenvalue weighted by Crippen LogP contribution is 2.22. The molecule has 2 aliphatic heterocycles. The zero-order valence-electron chi connectivity index (χ0n) is 14.7. The number of carbonyl (C=O) groups excluding carboxylic acids is 2. The molecule has 0 N–H and O–H groups in total. The van der Waals surface area contributed by atoms with Gasteiger partial charge in [-0.1, -0.05) is 54.0 Å². The van der Waals surface area contributed by atoms with Gasteiger partial charge in [-0.3, -0.25) is 29.4 Å². The van der Waals surface area contributed by atoms with E-state index in [4.69, 9.17) is 24.4 Å². The Morgan fingerprint density at radius 2 is 1.39 bits per heavy atom. The van der Waals surface area contributed by atoms with Gasteiger partial charge in [-0.15, -0.1) is 0 Å². The van der Waals surface area contributed by atoms with Crippen LogP contribution in [0.15, 0.2) is 49.1 Å². The van der Waals surface area contributed by atoms with Gasteiger partial charge >= 0.3 is 0 Å². The van der Waals surface area contributed by atoms with E-state index in [-0.39, 0.29) is 11.8 Å². The zero-order valence-corrected chi connectivity index (χ0v) is 18.0. The van der Waals surface area contributed by atoms with Crippen molar-refractivity contribution < 1.29 is 9.59 Å². The Morgan fingerprint density at radius 3 is 1.86 bits per heavy atom. The molecule has 6 nitrogen and oxygen atoms in total. The Morgan fingerprint density at radius 1 is 0.821 bits per heavy atom. The van der Waals surface area contributed by atoms with Gasteiger partial charge in [0.15, 0.2) is 0 Å². The highest BCUT2D eigenvalue weighted by molar-refractivity contribution is 8.24. The molecule has 2 saturated heterocycles. The van der Waals surface area contributed by atoms with Crippen molar-refractivity contribution in [3.8, 4) is 0 Å². The van der Waals surface area contributed by atoms with Crippen LogP contribution in [0.2, 0.25) is 0 Å². The van der Waals surface area contributed by atoms with Gasteiger partial charge in [-0.2, -0.15) is 0 Å². The molecule has 10 heteroatoms. The van der Waals surface area contributed by atoms with E-state index >= 15 is 0 Å². The molecule has 0 atom stereocenters. The molecule has 0 aliphatic carbocycles. The lowest BCUT2D eigenvalue weighted by atomic mass is 10.2. The van der Waals surface area contributed by atoms with Gasteiger partial charge in [0.1, 0.15) is 8.64 Å². The van der Waals surface area contributed by atoms with E-state index in [2.05, 4.69) is 9.97 Å². The maximum atomic E-state index is 11.4. The molecule has 2 aromatic rings. The minimum Gasteiger partial charge on any atom is -0.293 e. The number of hydrogen-bond acceptors (Lipinski definition) is 8. The number of hydrogen-bond donors (Lipinski definition) is 0. The number of rotatable bonds is 4. The van der Waals surface area contributed by atoms with Crippen LogP contribution < -0.4 is 0 Å². The van der Waals surface area contributed by atoms with Gasteiger partial charge in [0.25, 0.3) is 0 Å². The van der Waals surface area contributed by atoms with Gasteiger partial charge < -0.3 is 0 Å². The van der Waals surface area contributed by atoms with Crippen LogP contribution in [0.25, 0.3) is 0 Å². The molecule has 2 aliphatic rings. The average molecular weight is 449 g/mol. The summed E-state index contributed by atoms with van der Waals surface area (Å²) in [7, 11) is 0. The lowest BCUT2D eigenvalue weighted by Gasteiger charge is -2.14.